The maximum Gasteiger partial charge on any atom is 0.248 e. The van der Waals surface area contributed by atoms with Crippen molar-refractivity contribution in [3.63, 3.8) is 0 Å². The third kappa shape index (κ3) is 4.02. The smallest absolute Gasteiger partial charge is 0.248 e. The van der Waals surface area contributed by atoms with Gasteiger partial charge in [0.05, 0.1) is 5.02 Å². The number of aryl methyl sites for hydroxylation is 1. The number of anilines is 1. The van der Waals surface area contributed by atoms with Crippen LogP contribution in [-0.4, -0.2) is 15.1 Å². The molecule has 1 N–H and O–H groups in total. The normalized spacial score (nSPS) is 12.0. The first-order valence-corrected chi connectivity index (χ1v) is 7.87. The van der Waals surface area contributed by atoms with Gasteiger partial charge in [-0.05, 0) is 38.1 Å². The molecule has 0 bridgehead atoms. The lowest BCUT2D eigenvalue weighted by atomic mass is 10.2. The fourth-order valence-corrected chi connectivity index (χ4v) is 2.39. The first-order valence-electron chi connectivity index (χ1n) is 7.50. The molecule has 1 aromatic carbocycles. The molecule has 0 aliphatic carbocycles. The SMILES string of the molecule is Cc1noc([C@H](C)Nc2ccc(OCc3cccnc3)c(Cl)c2)n1. The molecule has 0 aliphatic heterocycles. The highest BCUT2D eigenvalue weighted by atomic mass is 35.5. The van der Waals surface area contributed by atoms with Gasteiger partial charge in [-0.3, -0.25) is 4.98 Å². The molecule has 0 amide bonds. The minimum absolute atomic E-state index is 0.121. The van der Waals surface area contributed by atoms with Gasteiger partial charge in [0.15, 0.2) is 5.82 Å². The van der Waals surface area contributed by atoms with Gasteiger partial charge in [0.1, 0.15) is 18.4 Å². The van der Waals surface area contributed by atoms with E-state index < -0.39 is 0 Å². The number of hydrogen-bond donors (Lipinski definition) is 1. The number of hydrogen-bond acceptors (Lipinski definition) is 6. The fourth-order valence-electron chi connectivity index (χ4n) is 2.15. The molecule has 0 unspecified atom stereocenters. The Hall–Kier alpha value is -2.60. The highest BCUT2D eigenvalue weighted by molar-refractivity contribution is 6.32. The van der Waals surface area contributed by atoms with Crippen LogP contribution in [0.25, 0.3) is 0 Å². The van der Waals surface area contributed by atoms with Crippen molar-refractivity contribution >= 4 is 17.3 Å². The molecular weight excluding hydrogens is 328 g/mol. The molecule has 0 aliphatic rings. The van der Waals surface area contributed by atoms with Crippen LogP contribution in [0.3, 0.4) is 0 Å². The Balaban J connectivity index is 1.64. The summed E-state index contributed by atoms with van der Waals surface area (Å²) in [4.78, 5) is 8.26. The molecule has 0 radical (unpaired) electrons. The van der Waals surface area contributed by atoms with Crippen LogP contribution in [0.5, 0.6) is 5.75 Å². The van der Waals surface area contributed by atoms with Crippen LogP contribution in [-0.2, 0) is 6.61 Å². The minimum atomic E-state index is -0.121. The van der Waals surface area contributed by atoms with E-state index in [0.29, 0.717) is 29.1 Å². The van der Waals surface area contributed by atoms with Gasteiger partial charge < -0.3 is 14.6 Å². The van der Waals surface area contributed by atoms with Gasteiger partial charge in [0.2, 0.25) is 5.89 Å². The first kappa shape index (κ1) is 16.3. The van der Waals surface area contributed by atoms with E-state index in [2.05, 4.69) is 20.4 Å². The summed E-state index contributed by atoms with van der Waals surface area (Å²) in [6, 6.07) is 9.22. The van der Waals surface area contributed by atoms with Crippen LogP contribution in [0.4, 0.5) is 5.69 Å². The van der Waals surface area contributed by atoms with Crippen LogP contribution in [0.15, 0.2) is 47.2 Å². The van der Waals surface area contributed by atoms with Gasteiger partial charge in [0, 0.05) is 23.6 Å². The molecule has 7 heteroatoms. The maximum atomic E-state index is 6.30. The lowest BCUT2D eigenvalue weighted by molar-refractivity contribution is 0.306. The molecule has 1 atom stereocenters. The maximum absolute atomic E-state index is 6.30. The second kappa shape index (κ2) is 7.31. The Morgan fingerprint density at radius 2 is 2.21 bits per heavy atom. The molecule has 3 rings (SSSR count). The van der Waals surface area contributed by atoms with Gasteiger partial charge in [-0.1, -0.05) is 22.8 Å². The average molecular weight is 345 g/mol. The van der Waals surface area contributed by atoms with Crippen LogP contribution in [0.2, 0.25) is 5.02 Å². The summed E-state index contributed by atoms with van der Waals surface area (Å²) in [6.07, 6.45) is 3.49. The van der Waals surface area contributed by atoms with Crippen molar-refractivity contribution in [2.24, 2.45) is 0 Å². The van der Waals surface area contributed by atoms with E-state index in [1.165, 1.54) is 0 Å². The highest BCUT2D eigenvalue weighted by Crippen LogP contribution is 2.29. The minimum Gasteiger partial charge on any atom is -0.487 e. The number of nitrogens with zero attached hydrogens (tertiary/aromatic N) is 3. The summed E-state index contributed by atoms with van der Waals surface area (Å²) in [6.45, 7) is 4.14. The first-order chi connectivity index (χ1) is 11.6. The lowest BCUT2D eigenvalue weighted by Crippen LogP contribution is -2.07. The zero-order chi connectivity index (χ0) is 16.9. The highest BCUT2D eigenvalue weighted by Gasteiger charge is 2.13. The molecule has 3 aromatic rings. The second-order valence-electron chi connectivity index (χ2n) is 5.34. The second-order valence-corrected chi connectivity index (χ2v) is 5.75. The number of nitrogens with one attached hydrogen (secondary N) is 1. The predicted octanol–water partition coefficient (Wildman–Crippen LogP) is 4.18. The van der Waals surface area contributed by atoms with Crippen molar-refractivity contribution in [3.05, 3.63) is 65.0 Å². The molecule has 2 heterocycles. The Morgan fingerprint density at radius 1 is 1.33 bits per heavy atom. The number of aromatic nitrogens is 3. The molecule has 2 aromatic heterocycles. The van der Waals surface area contributed by atoms with Gasteiger partial charge in [-0.25, -0.2) is 0 Å². The zero-order valence-electron chi connectivity index (χ0n) is 13.4. The number of pyridine rings is 1. The van der Waals surface area contributed by atoms with Crippen molar-refractivity contribution in [2.75, 3.05) is 5.32 Å². The van der Waals surface area contributed by atoms with E-state index in [-0.39, 0.29) is 6.04 Å². The Kier molecular flexibility index (Phi) is 4.96. The van der Waals surface area contributed by atoms with Crippen LogP contribution < -0.4 is 10.1 Å². The van der Waals surface area contributed by atoms with Crippen LogP contribution in [0.1, 0.15) is 30.2 Å². The van der Waals surface area contributed by atoms with Crippen molar-refractivity contribution in [1.29, 1.82) is 0 Å². The summed E-state index contributed by atoms with van der Waals surface area (Å²) < 4.78 is 10.9. The monoisotopic (exact) mass is 344 g/mol. The molecule has 0 spiro atoms. The van der Waals surface area contributed by atoms with Gasteiger partial charge in [-0.2, -0.15) is 4.98 Å². The van der Waals surface area contributed by atoms with E-state index in [0.717, 1.165) is 11.3 Å². The predicted molar refractivity (Wildman–Crippen MR) is 91.1 cm³/mol. The fraction of sp³-hybridized carbons (Fsp3) is 0.235. The Morgan fingerprint density at radius 3 is 2.88 bits per heavy atom. The summed E-state index contributed by atoms with van der Waals surface area (Å²) in [7, 11) is 0. The van der Waals surface area contributed by atoms with Crippen molar-refractivity contribution in [1.82, 2.24) is 15.1 Å². The van der Waals surface area contributed by atoms with Crippen LogP contribution in [0, 0.1) is 6.92 Å². The summed E-state index contributed by atoms with van der Waals surface area (Å²) in [5.74, 6) is 1.75. The number of ether oxygens (including phenoxy) is 1. The van der Waals surface area contributed by atoms with E-state index in [9.17, 15) is 0 Å². The van der Waals surface area contributed by atoms with E-state index >= 15 is 0 Å². The zero-order valence-corrected chi connectivity index (χ0v) is 14.1. The molecule has 124 valence electrons. The number of halogens is 1. The molecule has 0 fully saturated rings. The van der Waals surface area contributed by atoms with Crippen LogP contribution >= 0.6 is 11.6 Å². The van der Waals surface area contributed by atoms with Crippen molar-refractivity contribution < 1.29 is 9.26 Å². The van der Waals surface area contributed by atoms with E-state index in [4.69, 9.17) is 20.9 Å². The lowest BCUT2D eigenvalue weighted by Gasteiger charge is -2.13. The van der Waals surface area contributed by atoms with E-state index in [1.54, 1.807) is 25.4 Å². The third-order valence-electron chi connectivity index (χ3n) is 3.35. The molecule has 0 saturated heterocycles. The molecule has 6 nitrogen and oxygen atoms in total. The standard InChI is InChI=1S/C17H17ClN4O2/c1-11(17-21-12(2)22-24-17)20-14-5-6-16(15(18)8-14)23-10-13-4-3-7-19-9-13/h3-9,11,20H,10H2,1-2H3/t11-/m0/s1. The summed E-state index contributed by atoms with van der Waals surface area (Å²) in [5.41, 5.74) is 1.83. The Bertz CT molecular complexity index is 807. The largest absolute Gasteiger partial charge is 0.487 e. The number of benzene rings is 1. The average Bonchev–Trinajstić information content (AvgIpc) is 3.02. The van der Waals surface area contributed by atoms with Gasteiger partial charge in [0.25, 0.3) is 0 Å². The quantitative estimate of drug-likeness (QED) is 0.723. The van der Waals surface area contributed by atoms with Crippen molar-refractivity contribution in [3.8, 4) is 5.75 Å². The third-order valence-corrected chi connectivity index (χ3v) is 3.64. The van der Waals surface area contributed by atoms with Crippen molar-refractivity contribution in [2.45, 2.75) is 26.5 Å². The topological polar surface area (TPSA) is 73.1 Å². The number of rotatable bonds is 6. The molecule has 24 heavy (non-hydrogen) atoms. The molecular formula is C17H17ClN4O2. The van der Waals surface area contributed by atoms with E-state index in [1.807, 2.05) is 31.2 Å². The summed E-state index contributed by atoms with van der Waals surface area (Å²) in [5, 5.41) is 7.58. The molecule has 0 saturated carbocycles. The summed E-state index contributed by atoms with van der Waals surface area (Å²) >= 11 is 6.30. The van der Waals surface area contributed by atoms with Gasteiger partial charge >= 0.3 is 0 Å². The Labute approximate surface area is 144 Å². The van der Waals surface area contributed by atoms with Gasteiger partial charge in [-0.15, -0.1) is 0 Å².